The Labute approximate surface area is 240 Å². The lowest BCUT2D eigenvalue weighted by molar-refractivity contribution is -0.138. The number of halogens is 1. The number of benzene rings is 2. The number of carbonyl (C=O) groups is 2. The van der Waals surface area contributed by atoms with Gasteiger partial charge in [-0.1, -0.05) is 24.3 Å². The number of phenolic OH excluding ortho intramolecular Hbond substituents is 1. The molecule has 4 N–H and O–H groups in total. The summed E-state index contributed by atoms with van der Waals surface area (Å²) in [4.78, 5) is 30.7. The van der Waals surface area contributed by atoms with Crippen molar-refractivity contribution in [3.05, 3.63) is 82.4 Å². The standard InChI is InChI=1S/C33H39FN2O5/c1-20-25(10-5-11-27(20)34)29-26(30(39)21-7-4-9-24(37)13-21)14-33(15-28(29)38,31(40)22-8-6-12-35-16-22)23-17-36(18-23)19-32(2,3)41/h4-5,7,9-11,13,15,22-23,35,37-38,41H,6,8,12,14,16-19H2,1-3H3. The zero-order chi connectivity index (χ0) is 29.5. The predicted octanol–water partition coefficient (Wildman–Crippen LogP) is 4.58. The number of rotatable bonds is 8. The van der Waals surface area contributed by atoms with Gasteiger partial charge in [0, 0.05) is 54.7 Å². The average molecular weight is 563 g/mol. The molecule has 3 aliphatic rings. The highest BCUT2D eigenvalue weighted by Crippen LogP contribution is 2.51. The van der Waals surface area contributed by atoms with Gasteiger partial charge in [-0.3, -0.25) is 14.5 Å². The molecule has 2 aromatic rings. The summed E-state index contributed by atoms with van der Waals surface area (Å²) in [6.45, 7) is 7.95. The zero-order valence-electron chi connectivity index (χ0n) is 23.9. The molecule has 2 saturated heterocycles. The lowest BCUT2D eigenvalue weighted by atomic mass is 9.58. The molecule has 5 rings (SSSR count). The monoisotopic (exact) mass is 562 g/mol. The summed E-state index contributed by atoms with van der Waals surface area (Å²) in [6, 6.07) is 10.5. The number of hydrogen-bond donors (Lipinski definition) is 4. The summed E-state index contributed by atoms with van der Waals surface area (Å²) in [7, 11) is 0. The fourth-order valence-corrected chi connectivity index (χ4v) is 6.75. The maximum absolute atomic E-state index is 14.7. The van der Waals surface area contributed by atoms with Gasteiger partial charge in [-0.05, 0) is 82.0 Å². The molecule has 218 valence electrons. The van der Waals surface area contributed by atoms with Gasteiger partial charge in [-0.15, -0.1) is 0 Å². The molecule has 2 aromatic carbocycles. The minimum Gasteiger partial charge on any atom is -0.508 e. The molecule has 7 nitrogen and oxygen atoms in total. The average Bonchev–Trinajstić information content (AvgIpc) is 2.91. The first-order valence-electron chi connectivity index (χ1n) is 14.3. The van der Waals surface area contributed by atoms with Gasteiger partial charge in [-0.25, -0.2) is 4.39 Å². The number of nitrogens with one attached hydrogen (secondary N) is 1. The second-order valence-electron chi connectivity index (χ2n) is 12.5. The lowest BCUT2D eigenvalue weighted by Gasteiger charge is -2.52. The van der Waals surface area contributed by atoms with Crippen molar-refractivity contribution in [3.63, 3.8) is 0 Å². The number of aliphatic hydroxyl groups is 2. The van der Waals surface area contributed by atoms with E-state index in [9.17, 15) is 29.3 Å². The first-order valence-corrected chi connectivity index (χ1v) is 14.3. The van der Waals surface area contributed by atoms with Crippen molar-refractivity contribution in [3.8, 4) is 5.75 Å². The van der Waals surface area contributed by atoms with Crippen LogP contribution in [0.4, 0.5) is 4.39 Å². The Morgan fingerprint density at radius 2 is 1.88 bits per heavy atom. The molecule has 2 aliphatic heterocycles. The number of ketones is 2. The van der Waals surface area contributed by atoms with Crippen LogP contribution in [-0.4, -0.2) is 70.1 Å². The van der Waals surface area contributed by atoms with E-state index in [0.717, 1.165) is 19.4 Å². The van der Waals surface area contributed by atoms with E-state index >= 15 is 0 Å². The number of hydrogen-bond acceptors (Lipinski definition) is 7. The molecule has 0 bridgehead atoms. The van der Waals surface area contributed by atoms with E-state index in [2.05, 4.69) is 10.2 Å². The van der Waals surface area contributed by atoms with E-state index in [-0.39, 0.29) is 52.3 Å². The lowest BCUT2D eigenvalue weighted by Crippen LogP contribution is -2.61. The van der Waals surface area contributed by atoms with Crippen molar-refractivity contribution in [1.29, 1.82) is 0 Å². The molecule has 1 aliphatic carbocycles. The van der Waals surface area contributed by atoms with Crippen LogP contribution in [0.25, 0.3) is 5.57 Å². The summed E-state index contributed by atoms with van der Waals surface area (Å²) >= 11 is 0. The number of phenols is 1. The number of Topliss-reactive ketones (excluding diaryl/α,β-unsaturated/α-hetero) is 2. The Kier molecular flexibility index (Phi) is 7.94. The number of aromatic hydroxyl groups is 1. The quantitative estimate of drug-likeness (QED) is 0.349. The van der Waals surface area contributed by atoms with Crippen molar-refractivity contribution in [2.75, 3.05) is 32.7 Å². The molecule has 2 fully saturated rings. The normalized spacial score (nSPS) is 24.1. The zero-order valence-corrected chi connectivity index (χ0v) is 23.9. The van der Waals surface area contributed by atoms with E-state index in [0.29, 0.717) is 37.3 Å². The molecular formula is C33H39FN2O5. The maximum Gasteiger partial charge on any atom is 0.189 e. The molecule has 0 saturated carbocycles. The first kappa shape index (κ1) is 29.2. The highest BCUT2D eigenvalue weighted by molar-refractivity contribution is 6.16. The Morgan fingerprint density at radius 3 is 2.54 bits per heavy atom. The highest BCUT2D eigenvalue weighted by atomic mass is 19.1. The third kappa shape index (κ3) is 5.73. The molecule has 0 aromatic heterocycles. The predicted molar refractivity (Wildman–Crippen MR) is 155 cm³/mol. The minimum absolute atomic E-state index is 0.0135. The van der Waals surface area contributed by atoms with Gasteiger partial charge in [-0.2, -0.15) is 0 Å². The van der Waals surface area contributed by atoms with Gasteiger partial charge in [0.15, 0.2) is 5.78 Å². The third-order valence-corrected chi connectivity index (χ3v) is 8.76. The molecule has 0 spiro atoms. The Morgan fingerprint density at radius 1 is 1.15 bits per heavy atom. The van der Waals surface area contributed by atoms with E-state index in [1.54, 1.807) is 45.0 Å². The summed E-state index contributed by atoms with van der Waals surface area (Å²) < 4.78 is 14.7. The van der Waals surface area contributed by atoms with Crippen LogP contribution in [-0.2, 0) is 4.79 Å². The van der Waals surface area contributed by atoms with Crippen LogP contribution in [0.15, 0.2) is 59.9 Å². The molecule has 0 radical (unpaired) electrons. The van der Waals surface area contributed by atoms with Crippen molar-refractivity contribution in [2.45, 2.75) is 45.6 Å². The molecule has 2 unspecified atom stereocenters. The second-order valence-corrected chi connectivity index (χ2v) is 12.5. The first-order chi connectivity index (χ1) is 19.4. The van der Waals surface area contributed by atoms with Crippen molar-refractivity contribution >= 4 is 17.1 Å². The molecule has 0 amide bonds. The summed E-state index contributed by atoms with van der Waals surface area (Å²) in [5, 5.41) is 35.5. The van der Waals surface area contributed by atoms with Crippen LogP contribution >= 0.6 is 0 Å². The Bertz CT molecular complexity index is 1410. The molecule has 2 heterocycles. The molecule has 8 heteroatoms. The van der Waals surface area contributed by atoms with E-state index < -0.39 is 22.6 Å². The molecule has 2 atom stereocenters. The van der Waals surface area contributed by atoms with E-state index in [4.69, 9.17) is 0 Å². The largest absolute Gasteiger partial charge is 0.508 e. The van der Waals surface area contributed by atoms with Crippen LogP contribution < -0.4 is 5.32 Å². The SMILES string of the molecule is Cc1c(F)cccc1C1=C(C(=O)c2cccc(O)c2)CC(C(=O)C2CCCNC2)(C2CN(CC(C)(C)O)C2)C=C1O. The molecule has 41 heavy (non-hydrogen) atoms. The summed E-state index contributed by atoms with van der Waals surface area (Å²) in [6.07, 6.45) is 3.25. The summed E-state index contributed by atoms with van der Waals surface area (Å²) in [5.41, 5.74) is -0.719. The van der Waals surface area contributed by atoms with Gasteiger partial charge in [0.1, 0.15) is 23.1 Å². The third-order valence-electron chi connectivity index (χ3n) is 8.76. The maximum atomic E-state index is 14.7. The fourth-order valence-electron chi connectivity index (χ4n) is 6.75. The number of likely N-dealkylation sites (tertiary alicyclic amines) is 1. The van der Waals surface area contributed by atoms with Crippen LogP contribution in [0.1, 0.15) is 54.6 Å². The van der Waals surface area contributed by atoms with Gasteiger partial charge in [0.05, 0.1) is 11.0 Å². The van der Waals surface area contributed by atoms with Gasteiger partial charge in [0.2, 0.25) is 0 Å². The highest BCUT2D eigenvalue weighted by Gasteiger charge is 2.54. The topological polar surface area (TPSA) is 110 Å². The fraction of sp³-hybridized carbons (Fsp3) is 0.455. The van der Waals surface area contributed by atoms with Crippen molar-refractivity contribution < 1.29 is 29.3 Å². The number of nitrogens with zero attached hydrogens (tertiary/aromatic N) is 1. The summed E-state index contributed by atoms with van der Waals surface area (Å²) in [5.74, 6) is -1.66. The number of carbonyl (C=O) groups excluding carboxylic acids is 2. The molecular weight excluding hydrogens is 523 g/mol. The van der Waals surface area contributed by atoms with Crippen molar-refractivity contribution in [1.82, 2.24) is 10.2 Å². The number of piperidine rings is 1. The van der Waals surface area contributed by atoms with Gasteiger partial charge in [0.25, 0.3) is 0 Å². The second kappa shape index (κ2) is 11.2. The van der Waals surface area contributed by atoms with E-state index in [1.807, 2.05) is 0 Å². The number of allylic oxidation sites excluding steroid dienone is 3. The van der Waals surface area contributed by atoms with Gasteiger partial charge < -0.3 is 20.6 Å². The number of aliphatic hydroxyl groups excluding tert-OH is 1. The number of β-amino-alcohol motifs (C(OH)–C–C–N with tert-alkyl or cyclic N) is 1. The smallest absolute Gasteiger partial charge is 0.189 e. The van der Waals surface area contributed by atoms with Crippen molar-refractivity contribution in [2.24, 2.45) is 17.3 Å². The van der Waals surface area contributed by atoms with Crippen LogP contribution in [0.3, 0.4) is 0 Å². The Balaban J connectivity index is 1.64. The van der Waals surface area contributed by atoms with Crippen LogP contribution in [0.2, 0.25) is 0 Å². The Hall–Kier alpha value is -3.33. The van der Waals surface area contributed by atoms with Crippen LogP contribution in [0, 0.1) is 30.0 Å². The van der Waals surface area contributed by atoms with Gasteiger partial charge >= 0.3 is 0 Å². The van der Waals surface area contributed by atoms with Crippen LogP contribution in [0.5, 0.6) is 5.75 Å². The van der Waals surface area contributed by atoms with E-state index in [1.165, 1.54) is 24.3 Å². The minimum atomic E-state index is -1.16.